The van der Waals surface area contributed by atoms with Crippen molar-refractivity contribution in [3.63, 3.8) is 0 Å². The molecule has 0 saturated carbocycles. The number of ether oxygens (including phenoxy) is 1. The van der Waals surface area contributed by atoms with Gasteiger partial charge in [0.1, 0.15) is 17.0 Å². The molecule has 5 heteroatoms. The Bertz CT molecular complexity index is 404. The van der Waals surface area contributed by atoms with Crippen LogP contribution in [0, 0.1) is 5.82 Å². The van der Waals surface area contributed by atoms with Crippen LogP contribution < -0.4 is 4.74 Å². The van der Waals surface area contributed by atoms with Crippen LogP contribution >= 0.6 is 0 Å². The van der Waals surface area contributed by atoms with Crippen LogP contribution in [0.3, 0.4) is 0 Å². The van der Waals surface area contributed by atoms with E-state index in [0.29, 0.717) is 6.42 Å². The molecule has 0 aliphatic carbocycles. The second kappa shape index (κ2) is 4.47. The number of carboxylic acid groups (broad SMARTS) is 1. The molecule has 0 bridgehead atoms. The van der Waals surface area contributed by atoms with Gasteiger partial charge < -0.3 is 9.84 Å². The summed E-state index contributed by atoms with van der Waals surface area (Å²) in [6, 6.07) is 0.899. The van der Waals surface area contributed by atoms with Crippen LogP contribution in [0.1, 0.15) is 37.6 Å². The van der Waals surface area contributed by atoms with Crippen LogP contribution in [0.15, 0.2) is 12.3 Å². The predicted octanol–water partition coefficient (Wildman–Crippen LogP) is 2.49. The third-order valence-corrected chi connectivity index (χ3v) is 2.27. The third kappa shape index (κ3) is 2.92. The Kier molecular flexibility index (Phi) is 3.47. The maximum atomic E-state index is 12.8. The fourth-order valence-electron chi connectivity index (χ4n) is 0.995. The van der Waals surface area contributed by atoms with Gasteiger partial charge in [0.15, 0.2) is 0 Å². The molecular weight excluding hydrogens is 213 g/mol. The fraction of sp³-hybridized carbons (Fsp3) is 0.455. The molecule has 0 aliphatic heterocycles. The van der Waals surface area contributed by atoms with Crippen molar-refractivity contribution in [2.75, 3.05) is 0 Å². The first-order valence-electron chi connectivity index (χ1n) is 4.93. The van der Waals surface area contributed by atoms with Gasteiger partial charge in [0.05, 0.1) is 6.20 Å². The van der Waals surface area contributed by atoms with E-state index in [9.17, 15) is 9.18 Å². The molecule has 0 aromatic carbocycles. The molecule has 0 unspecified atom stereocenters. The number of aromatic carboxylic acids is 1. The highest BCUT2D eigenvalue weighted by atomic mass is 19.1. The van der Waals surface area contributed by atoms with Gasteiger partial charge in [0.25, 0.3) is 0 Å². The monoisotopic (exact) mass is 227 g/mol. The lowest BCUT2D eigenvalue weighted by Gasteiger charge is -2.24. The molecule has 0 saturated heterocycles. The predicted molar refractivity (Wildman–Crippen MR) is 56.2 cm³/mol. The van der Waals surface area contributed by atoms with Crippen LogP contribution in [0.5, 0.6) is 5.88 Å². The van der Waals surface area contributed by atoms with Crippen molar-refractivity contribution in [1.82, 2.24) is 4.98 Å². The molecule has 1 aromatic heterocycles. The van der Waals surface area contributed by atoms with Crippen molar-refractivity contribution in [2.24, 2.45) is 0 Å². The molecule has 1 aromatic rings. The maximum absolute atomic E-state index is 12.8. The molecule has 88 valence electrons. The molecular formula is C11H14FNO3. The summed E-state index contributed by atoms with van der Waals surface area (Å²) in [7, 11) is 0. The lowest BCUT2D eigenvalue weighted by molar-refractivity contribution is 0.0663. The first-order valence-corrected chi connectivity index (χ1v) is 4.93. The molecule has 16 heavy (non-hydrogen) atoms. The molecule has 1 heterocycles. The number of rotatable bonds is 4. The summed E-state index contributed by atoms with van der Waals surface area (Å²) in [6.07, 6.45) is 1.62. The zero-order valence-electron chi connectivity index (χ0n) is 9.45. The molecule has 0 fully saturated rings. The SMILES string of the molecule is CCC(C)(C)Oc1ncc(F)cc1C(=O)O. The Morgan fingerprint density at radius 3 is 2.75 bits per heavy atom. The minimum atomic E-state index is -1.26. The van der Waals surface area contributed by atoms with Gasteiger partial charge in [0, 0.05) is 0 Å². The molecule has 0 atom stereocenters. The average molecular weight is 227 g/mol. The molecule has 0 amide bonds. The first kappa shape index (κ1) is 12.4. The summed E-state index contributed by atoms with van der Waals surface area (Å²) in [5.41, 5.74) is -0.795. The molecule has 1 N–H and O–H groups in total. The number of aromatic nitrogens is 1. The number of carboxylic acids is 1. The van der Waals surface area contributed by atoms with Gasteiger partial charge in [-0.3, -0.25) is 0 Å². The van der Waals surface area contributed by atoms with Crippen molar-refractivity contribution in [3.05, 3.63) is 23.6 Å². The number of hydrogen-bond donors (Lipinski definition) is 1. The van der Waals surface area contributed by atoms with Crippen molar-refractivity contribution >= 4 is 5.97 Å². The van der Waals surface area contributed by atoms with Crippen molar-refractivity contribution in [1.29, 1.82) is 0 Å². The Hall–Kier alpha value is -1.65. The standard InChI is InChI=1S/C11H14FNO3/c1-4-11(2,3)16-9-8(10(14)15)5-7(12)6-13-9/h5-6H,4H2,1-3H3,(H,14,15). The second-order valence-electron chi connectivity index (χ2n) is 4.03. The largest absolute Gasteiger partial charge is 0.477 e. The van der Waals surface area contributed by atoms with Gasteiger partial charge in [-0.2, -0.15) is 0 Å². The van der Waals surface area contributed by atoms with Crippen molar-refractivity contribution in [3.8, 4) is 5.88 Å². The smallest absolute Gasteiger partial charge is 0.341 e. The second-order valence-corrected chi connectivity index (χ2v) is 4.03. The van der Waals surface area contributed by atoms with Gasteiger partial charge in [-0.05, 0) is 26.3 Å². The van der Waals surface area contributed by atoms with Crippen molar-refractivity contribution in [2.45, 2.75) is 32.8 Å². The lowest BCUT2D eigenvalue weighted by Crippen LogP contribution is -2.28. The summed E-state index contributed by atoms with van der Waals surface area (Å²) in [5, 5.41) is 8.87. The van der Waals surface area contributed by atoms with Crippen LogP contribution in [-0.2, 0) is 0 Å². The summed E-state index contributed by atoms with van der Waals surface area (Å²) in [6.45, 7) is 5.53. The number of pyridine rings is 1. The van der Waals surface area contributed by atoms with Gasteiger partial charge in [-0.1, -0.05) is 6.92 Å². The summed E-state index contributed by atoms with van der Waals surface area (Å²) >= 11 is 0. The molecule has 0 radical (unpaired) electrons. The first-order chi connectivity index (χ1) is 7.35. The topological polar surface area (TPSA) is 59.4 Å². The highest BCUT2D eigenvalue weighted by molar-refractivity contribution is 5.90. The highest BCUT2D eigenvalue weighted by Crippen LogP contribution is 2.23. The van der Waals surface area contributed by atoms with Crippen LogP contribution in [0.2, 0.25) is 0 Å². The minimum Gasteiger partial charge on any atom is -0.477 e. The van der Waals surface area contributed by atoms with Crippen LogP contribution in [-0.4, -0.2) is 21.7 Å². The van der Waals surface area contributed by atoms with Gasteiger partial charge >= 0.3 is 5.97 Å². The number of carbonyl (C=O) groups is 1. The Labute approximate surface area is 93.1 Å². The quantitative estimate of drug-likeness (QED) is 0.858. The Morgan fingerprint density at radius 2 is 2.25 bits per heavy atom. The zero-order valence-corrected chi connectivity index (χ0v) is 9.45. The molecule has 0 aliphatic rings. The normalized spacial score (nSPS) is 11.2. The summed E-state index contributed by atoms with van der Waals surface area (Å²) in [4.78, 5) is 14.5. The fourth-order valence-corrected chi connectivity index (χ4v) is 0.995. The Balaban J connectivity index is 3.09. The number of halogens is 1. The van der Waals surface area contributed by atoms with E-state index in [0.717, 1.165) is 12.3 Å². The van der Waals surface area contributed by atoms with Gasteiger partial charge in [0.2, 0.25) is 5.88 Å². The van der Waals surface area contributed by atoms with Gasteiger partial charge in [-0.25, -0.2) is 14.2 Å². The third-order valence-electron chi connectivity index (χ3n) is 2.27. The minimum absolute atomic E-state index is 0.0549. The number of nitrogens with zero attached hydrogens (tertiary/aromatic N) is 1. The summed E-state index contributed by atoms with van der Waals surface area (Å²) in [5.74, 6) is -2.01. The van der Waals surface area contributed by atoms with E-state index < -0.39 is 17.4 Å². The van der Waals surface area contributed by atoms with Gasteiger partial charge in [-0.15, -0.1) is 0 Å². The van der Waals surface area contributed by atoms with Crippen LogP contribution in [0.4, 0.5) is 4.39 Å². The van der Waals surface area contributed by atoms with E-state index in [-0.39, 0.29) is 11.4 Å². The van der Waals surface area contributed by atoms with Crippen molar-refractivity contribution < 1.29 is 19.0 Å². The lowest BCUT2D eigenvalue weighted by atomic mass is 10.1. The average Bonchev–Trinajstić information content (AvgIpc) is 2.20. The molecule has 1 rings (SSSR count). The Morgan fingerprint density at radius 1 is 1.62 bits per heavy atom. The van der Waals surface area contributed by atoms with E-state index in [2.05, 4.69) is 4.98 Å². The van der Waals surface area contributed by atoms with E-state index >= 15 is 0 Å². The van der Waals surface area contributed by atoms with Crippen LogP contribution in [0.25, 0.3) is 0 Å². The molecule has 0 spiro atoms. The van der Waals surface area contributed by atoms with E-state index in [1.54, 1.807) is 0 Å². The number of hydrogen-bond acceptors (Lipinski definition) is 3. The highest BCUT2D eigenvalue weighted by Gasteiger charge is 2.22. The molecule has 4 nitrogen and oxygen atoms in total. The summed E-state index contributed by atoms with van der Waals surface area (Å²) < 4.78 is 18.3. The van der Waals surface area contributed by atoms with E-state index in [4.69, 9.17) is 9.84 Å². The van der Waals surface area contributed by atoms with E-state index in [1.165, 1.54) is 0 Å². The maximum Gasteiger partial charge on any atom is 0.341 e. The van der Waals surface area contributed by atoms with E-state index in [1.807, 2.05) is 20.8 Å². The zero-order chi connectivity index (χ0) is 12.3.